The predicted octanol–water partition coefficient (Wildman–Crippen LogP) is 1.69. The van der Waals surface area contributed by atoms with Crippen molar-refractivity contribution in [2.24, 2.45) is 11.7 Å². The summed E-state index contributed by atoms with van der Waals surface area (Å²) in [5.74, 6) is 0.636. The standard InChI is InChI=1S/C15H24N2O3/c1-4-17-9-12-6-7-13(14(8-12)19-5-2)20-10-11(3)15(16)18/h6-8,11,17H,4-5,9-10H2,1-3H3,(H2,16,18). The van der Waals surface area contributed by atoms with Gasteiger partial charge < -0.3 is 20.5 Å². The molecule has 0 heterocycles. The van der Waals surface area contributed by atoms with Gasteiger partial charge in [-0.05, 0) is 31.2 Å². The molecule has 0 aromatic heterocycles. The first-order chi connectivity index (χ1) is 9.58. The highest BCUT2D eigenvalue weighted by Crippen LogP contribution is 2.29. The van der Waals surface area contributed by atoms with Crippen LogP contribution in [0.1, 0.15) is 26.3 Å². The third-order valence-electron chi connectivity index (χ3n) is 2.86. The maximum absolute atomic E-state index is 11.0. The molecule has 5 nitrogen and oxygen atoms in total. The molecule has 5 heteroatoms. The van der Waals surface area contributed by atoms with E-state index in [-0.39, 0.29) is 18.4 Å². The van der Waals surface area contributed by atoms with Crippen LogP contribution in [0.25, 0.3) is 0 Å². The Hall–Kier alpha value is -1.75. The molecule has 0 aliphatic carbocycles. The van der Waals surface area contributed by atoms with E-state index in [2.05, 4.69) is 12.2 Å². The molecule has 3 N–H and O–H groups in total. The van der Waals surface area contributed by atoms with Gasteiger partial charge in [-0.15, -0.1) is 0 Å². The van der Waals surface area contributed by atoms with Crippen molar-refractivity contribution in [3.63, 3.8) is 0 Å². The Kier molecular flexibility index (Phi) is 6.87. The van der Waals surface area contributed by atoms with E-state index >= 15 is 0 Å². The average molecular weight is 280 g/mol. The molecule has 0 bridgehead atoms. The quantitative estimate of drug-likeness (QED) is 0.722. The van der Waals surface area contributed by atoms with Gasteiger partial charge in [0.25, 0.3) is 0 Å². The second-order valence-corrected chi connectivity index (χ2v) is 4.61. The summed E-state index contributed by atoms with van der Waals surface area (Å²) < 4.78 is 11.2. The molecule has 112 valence electrons. The van der Waals surface area contributed by atoms with E-state index in [1.54, 1.807) is 6.92 Å². The first kappa shape index (κ1) is 16.3. The van der Waals surface area contributed by atoms with Crippen LogP contribution in [0, 0.1) is 5.92 Å². The smallest absolute Gasteiger partial charge is 0.223 e. The highest BCUT2D eigenvalue weighted by molar-refractivity contribution is 5.76. The van der Waals surface area contributed by atoms with Gasteiger partial charge in [-0.1, -0.05) is 19.9 Å². The number of benzene rings is 1. The van der Waals surface area contributed by atoms with Crippen LogP contribution in [0.3, 0.4) is 0 Å². The van der Waals surface area contributed by atoms with Gasteiger partial charge >= 0.3 is 0 Å². The second kappa shape index (κ2) is 8.43. The lowest BCUT2D eigenvalue weighted by Gasteiger charge is -2.15. The highest BCUT2D eigenvalue weighted by Gasteiger charge is 2.12. The topological polar surface area (TPSA) is 73.6 Å². The Labute approximate surface area is 120 Å². The molecular weight excluding hydrogens is 256 g/mol. The number of carbonyl (C=O) groups excluding carboxylic acids is 1. The largest absolute Gasteiger partial charge is 0.490 e. The van der Waals surface area contributed by atoms with Gasteiger partial charge in [0.15, 0.2) is 11.5 Å². The van der Waals surface area contributed by atoms with Gasteiger partial charge in [-0.25, -0.2) is 0 Å². The first-order valence-electron chi connectivity index (χ1n) is 6.97. The van der Waals surface area contributed by atoms with E-state index in [9.17, 15) is 4.79 Å². The van der Waals surface area contributed by atoms with Crippen LogP contribution in [0.2, 0.25) is 0 Å². The predicted molar refractivity (Wildman–Crippen MR) is 78.8 cm³/mol. The molecule has 1 aromatic carbocycles. The fraction of sp³-hybridized carbons (Fsp3) is 0.533. The van der Waals surface area contributed by atoms with Crippen LogP contribution >= 0.6 is 0 Å². The maximum Gasteiger partial charge on any atom is 0.223 e. The zero-order valence-electron chi connectivity index (χ0n) is 12.4. The van der Waals surface area contributed by atoms with E-state index in [1.807, 2.05) is 25.1 Å². The van der Waals surface area contributed by atoms with Crippen LogP contribution in [-0.2, 0) is 11.3 Å². The van der Waals surface area contributed by atoms with E-state index in [1.165, 1.54) is 0 Å². The SMILES string of the molecule is CCNCc1ccc(OCC(C)C(N)=O)c(OCC)c1. The highest BCUT2D eigenvalue weighted by atomic mass is 16.5. The van der Waals surface area contributed by atoms with Crippen molar-refractivity contribution >= 4 is 5.91 Å². The summed E-state index contributed by atoms with van der Waals surface area (Å²) in [6.45, 7) is 8.24. The van der Waals surface area contributed by atoms with E-state index in [0.717, 1.165) is 18.7 Å². The van der Waals surface area contributed by atoms with Crippen molar-refractivity contribution in [3.05, 3.63) is 23.8 Å². The molecule has 20 heavy (non-hydrogen) atoms. The molecule has 1 aromatic rings. The van der Waals surface area contributed by atoms with Gasteiger partial charge in [0, 0.05) is 6.54 Å². The van der Waals surface area contributed by atoms with E-state index < -0.39 is 0 Å². The van der Waals surface area contributed by atoms with Crippen LogP contribution in [-0.4, -0.2) is 25.7 Å². The summed E-state index contributed by atoms with van der Waals surface area (Å²) >= 11 is 0. The van der Waals surface area contributed by atoms with Gasteiger partial charge in [0.1, 0.15) is 0 Å². The lowest BCUT2D eigenvalue weighted by atomic mass is 10.2. The number of hydrogen-bond acceptors (Lipinski definition) is 4. The van der Waals surface area contributed by atoms with Crippen LogP contribution < -0.4 is 20.5 Å². The van der Waals surface area contributed by atoms with Crippen molar-refractivity contribution in [2.45, 2.75) is 27.3 Å². The summed E-state index contributed by atoms with van der Waals surface area (Å²) in [6.07, 6.45) is 0. The second-order valence-electron chi connectivity index (χ2n) is 4.61. The number of rotatable bonds is 9. The molecule has 0 saturated carbocycles. The van der Waals surface area contributed by atoms with Crippen molar-refractivity contribution in [1.82, 2.24) is 5.32 Å². The Bertz CT molecular complexity index is 435. The summed E-state index contributed by atoms with van der Waals surface area (Å²) in [5.41, 5.74) is 6.35. The van der Waals surface area contributed by atoms with Crippen LogP contribution in [0.4, 0.5) is 0 Å². The minimum Gasteiger partial charge on any atom is -0.490 e. The molecule has 1 amide bonds. The van der Waals surface area contributed by atoms with Gasteiger partial charge in [-0.3, -0.25) is 4.79 Å². The minimum absolute atomic E-state index is 0.252. The molecule has 0 aliphatic heterocycles. The van der Waals surface area contributed by atoms with E-state index in [0.29, 0.717) is 18.1 Å². The van der Waals surface area contributed by atoms with Crippen molar-refractivity contribution in [2.75, 3.05) is 19.8 Å². The molecule has 0 spiro atoms. The number of primary amides is 1. The number of carbonyl (C=O) groups is 1. The van der Waals surface area contributed by atoms with Gasteiger partial charge in [0.2, 0.25) is 5.91 Å². The van der Waals surface area contributed by atoms with Crippen molar-refractivity contribution in [3.8, 4) is 11.5 Å². The monoisotopic (exact) mass is 280 g/mol. The molecule has 0 fully saturated rings. The Morgan fingerprint density at radius 3 is 2.65 bits per heavy atom. The number of hydrogen-bond donors (Lipinski definition) is 2. The molecular formula is C15H24N2O3. The molecule has 1 atom stereocenters. The molecule has 1 unspecified atom stereocenters. The Balaban J connectivity index is 2.75. The fourth-order valence-electron chi connectivity index (χ4n) is 1.62. The zero-order valence-corrected chi connectivity index (χ0v) is 12.4. The maximum atomic E-state index is 11.0. The number of nitrogens with two attached hydrogens (primary N) is 1. The third-order valence-corrected chi connectivity index (χ3v) is 2.86. The van der Waals surface area contributed by atoms with Crippen molar-refractivity contribution < 1.29 is 14.3 Å². The van der Waals surface area contributed by atoms with Crippen LogP contribution in [0.5, 0.6) is 11.5 Å². The van der Waals surface area contributed by atoms with Crippen LogP contribution in [0.15, 0.2) is 18.2 Å². The first-order valence-corrected chi connectivity index (χ1v) is 6.97. The lowest BCUT2D eigenvalue weighted by Crippen LogP contribution is -2.25. The Morgan fingerprint density at radius 1 is 1.30 bits per heavy atom. The lowest BCUT2D eigenvalue weighted by molar-refractivity contribution is -0.122. The fourth-order valence-corrected chi connectivity index (χ4v) is 1.62. The van der Waals surface area contributed by atoms with Gasteiger partial charge in [-0.2, -0.15) is 0 Å². The molecule has 0 radical (unpaired) electrons. The van der Waals surface area contributed by atoms with Crippen molar-refractivity contribution in [1.29, 1.82) is 0 Å². The number of amides is 1. The summed E-state index contributed by atoms with van der Waals surface area (Å²) in [5, 5.41) is 3.26. The normalized spacial score (nSPS) is 11.9. The number of nitrogens with one attached hydrogen (secondary N) is 1. The number of ether oxygens (including phenoxy) is 2. The Morgan fingerprint density at radius 2 is 2.05 bits per heavy atom. The summed E-state index contributed by atoms with van der Waals surface area (Å²) in [7, 11) is 0. The third kappa shape index (κ3) is 5.09. The van der Waals surface area contributed by atoms with E-state index in [4.69, 9.17) is 15.2 Å². The van der Waals surface area contributed by atoms with Gasteiger partial charge in [0.05, 0.1) is 19.1 Å². The average Bonchev–Trinajstić information content (AvgIpc) is 2.43. The zero-order chi connectivity index (χ0) is 15.0. The minimum atomic E-state index is -0.369. The summed E-state index contributed by atoms with van der Waals surface area (Å²) in [4.78, 5) is 11.0. The summed E-state index contributed by atoms with van der Waals surface area (Å²) in [6, 6.07) is 5.80. The molecule has 0 aliphatic rings. The molecule has 1 rings (SSSR count). The molecule has 0 saturated heterocycles.